The molecular weight excluding hydrogens is 368 g/mol. The second kappa shape index (κ2) is 7.59. The third-order valence-electron chi connectivity index (χ3n) is 4.29. The van der Waals surface area contributed by atoms with Crippen LogP contribution in [-0.2, 0) is 0 Å². The summed E-state index contributed by atoms with van der Waals surface area (Å²) in [5.74, 6) is 1.00. The van der Waals surface area contributed by atoms with Gasteiger partial charge in [-0.15, -0.1) is 0 Å². The van der Waals surface area contributed by atoms with Gasteiger partial charge in [-0.3, -0.25) is 4.79 Å². The lowest BCUT2D eigenvalue weighted by atomic mass is 10.1. The Balaban J connectivity index is 2.38. The van der Waals surface area contributed by atoms with E-state index in [0.717, 1.165) is 0 Å². The Labute approximate surface area is 160 Å². The van der Waals surface area contributed by atoms with Gasteiger partial charge in [-0.2, -0.15) is 0 Å². The van der Waals surface area contributed by atoms with Crippen LogP contribution in [0.3, 0.4) is 0 Å². The van der Waals surface area contributed by atoms with Crippen LogP contribution in [0.4, 0.5) is 0 Å². The average molecular weight is 388 g/mol. The highest BCUT2D eigenvalue weighted by Gasteiger charge is 2.24. The lowest BCUT2D eigenvalue weighted by molar-refractivity contribution is 0.334. The van der Waals surface area contributed by atoms with E-state index < -0.39 is 5.43 Å². The summed E-state index contributed by atoms with van der Waals surface area (Å²) in [5.41, 5.74) is 0.178. The van der Waals surface area contributed by atoms with Crippen LogP contribution >= 0.6 is 0 Å². The first-order valence-electron chi connectivity index (χ1n) is 8.21. The largest absolute Gasteiger partial charge is 0.504 e. The lowest BCUT2D eigenvalue weighted by Gasteiger charge is -2.15. The van der Waals surface area contributed by atoms with Gasteiger partial charge in [-0.1, -0.05) is 0 Å². The summed E-state index contributed by atoms with van der Waals surface area (Å²) in [6, 6.07) is 6.34. The number of hydrogen-bond acceptors (Lipinski definition) is 8. The number of phenolic OH excluding ortho intramolecular Hbond substituents is 1. The SMILES string of the molecule is COc1ccc(-c2oc3cc(O)c(OC)c(OC)c3c(=O)c2OC)cc1OC. The molecule has 0 bridgehead atoms. The maximum Gasteiger partial charge on any atom is 0.239 e. The van der Waals surface area contributed by atoms with Crippen molar-refractivity contribution in [1.82, 2.24) is 0 Å². The molecule has 0 aliphatic carbocycles. The molecule has 1 aromatic heterocycles. The summed E-state index contributed by atoms with van der Waals surface area (Å²) in [6.45, 7) is 0. The van der Waals surface area contributed by atoms with E-state index in [1.165, 1.54) is 41.6 Å². The lowest BCUT2D eigenvalue weighted by Crippen LogP contribution is -2.09. The Kier molecular flexibility index (Phi) is 5.21. The highest BCUT2D eigenvalue weighted by atomic mass is 16.5. The van der Waals surface area contributed by atoms with Gasteiger partial charge in [0.2, 0.25) is 16.9 Å². The summed E-state index contributed by atoms with van der Waals surface area (Å²) in [5, 5.41) is 10.3. The van der Waals surface area contributed by atoms with Gasteiger partial charge in [0, 0.05) is 11.6 Å². The third-order valence-corrected chi connectivity index (χ3v) is 4.29. The normalized spacial score (nSPS) is 10.6. The minimum Gasteiger partial charge on any atom is -0.504 e. The molecule has 1 heterocycles. The molecule has 0 amide bonds. The molecule has 0 atom stereocenters. The summed E-state index contributed by atoms with van der Waals surface area (Å²) < 4.78 is 32.2. The second-order valence-corrected chi connectivity index (χ2v) is 5.70. The van der Waals surface area contributed by atoms with Gasteiger partial charge in [-0.05, 0) is 18.2 Å². The fraction of sp³-hybridized carbons (Fsp3) is 0.250. The Morgan fingerprint density at radius 3 is 2.00 bits per heavy atom. The standard InChI is InChI=1S/C20H20O8/c1-23-12-7-6-10(8-13(12)24-2)17-20(27-5)16(22)15-14(28-17)9-11(21)18(25-3)19(15)26-4/h6-9,21H,1-5H3. The van der Waals surface area contributed by atoms with Crippen LogP contribution in [0.1, 0.15) is 0 Å². The Hall–Kier alpha value is -3.55. The van der Waals surface area contributed by atoms with Crippen LogP contribution in [0.25, 0.3) is 22.3 Å². The maximum absolute atomic E-state index is 13.1. The number of benzene rings is 2. The van der Waals surface area contributed by atoms with E-state index in [4.69, 9.17) is 28.1 Å². The fourth-order valence-electron chi connectivity index (χ4n) is 3.02. The zero-order valence-corrected chi connectivity index (χ0v) is 16.1. The van der Waals surface area contributed by atoms with E-state index in [1.54, 1.807) is 18.2 Å². The van der Waals surface area contributed by atoms with Crippen molar-refractivity contribution in [3.63, 3.8) is 0 Å². The Morgan fingerprint density at radius 1 is 0.786 bits per heavy atom. The van der Waals surface area contributed by atoms with Crippen molar-refractivity contribution in [2.45, 2.75) is 0 Å². The number of fused-ring (bicyclic) bond motifs is 1. The minimum atomic E-state index is -0.469. The molecule has 3 aromatic rings. The Bertz CT molecular complexity index is 1080. The molecule has 0 fully saturated rings. The predicted octanol–water partition coefficient (Wildman–Crippen LogP) is 3.21. The Morgan fingerprint density at radius 2 is 1.43 bits per heavy atom. The number of methoxy groups -OCH3 is 5. The van der Waals surface area contributed by atoms with Crippen molar-refractivity contribution in [2.75, 3.05) is 35.5 Å². The van der Waals surface area contributed by atoms with Crippen LogP contribution in [0, 0.1) is 0 Å². The van der Waals surface area contributed by atoms with Crippen LogP contribution in [0.2, 0.25) is 0 Å². The first-order valence-corrected chi connectivity index (χ1v) is 8.21. The number of hydrogen-bond donors (Lipinski definition) is 1. The molecule has 0 saturated heterocycles. The summed E-state index contributed by atoms with van der Waals surface area (Å²) in [4.78, 5) is 13.1. The van der Waals surface area contributed by atoms with E-state index in [1.807, 2.05) is 0 Å². The summed E-state index contributed by atoms with van der Waals surface area (Å²) >= 11 is 0. The van der Waals surface area contributed by atoms with E-state index in [0.29, 0.717) is 17.1 Å². The number of phenols is 1. The highest BCUT2D eigenvalue weighted by molar-refractivity contribution is 5.91. The fourth-order valence-corrected chi connectivity index (χ4v) is 3.02. The smallest absolute Gasteiger partial charge is 0.239 e. The van der Waals surface area contributed by atoms with Crippen LogP contribution in [0.15, 0.2) is 33.5 Å². The molecule has 2 aromatic carbocycles. The molecule has 0 aliphatic rings. The van der Waals surface area contributed by atoms with Gasteiger partial charge in [0.25, 0.3) is 0 Å². The molecule has 148 valence electrons. The van der Waals surface area contributed by atoms with Crippen molar-refractivity contribution < 1.29 is 33.2 Å². The molecule has 0 aliphatic heterocycles. The molecule has 0 radical (unpaired) electrons. The number of ether oxygens (including phenoxy) is 5. The second-order valence-electron chi connectivity index (χ2n) is 5.70. The van der Waals surface area contributed by atoms with Crippen molar-refractivity contribution in [1.29, 1.82) is 0 Å². The zero-order valence-electron chi connectivity index (χ0n) is 16.1. The predicted molar refractivity (Wildman–Crippen MR) is 102 cm³/mol. The average Bonchev–Trinajstić information content (AvgIpc) is 2.71. The van der Waals surface area contributed by atoms with Crippen LogP contribution in [-0.4, -0.2) is 40.7 Å². The summed E-state index contributed by atoms with van der Waals surface area (Å²) in [6.07, 6.45) is 0. The first kappa shape index (κ1) is 19.2. The molecule has 0 spiro atoms. The molecule has 0 unspecified atom stereocenters. The number of aromatic hydroxyl groups is 1. The van der Waals surface area contributed by atoms with Gasteiger partial charge in [0.1, 0.15) is 11.0 Å². The quantitative estimate of drug-likeness (QED) is 0.688. The van der Waals surface area contributed by atoms with Crippen molar-refractivity contribution in [2.24, 2.45) is 0 Å². The van der Waals surface area contributed by atoms with Gasteiger partial charge in [0.05, 0.1) is 35.5 Å². The zero-order chi connectivity index (χ0) is 20.4. The number of rotatable bonds is 6. The van der Waals surface area contributed by atoms with E-state index >= 15 is 0 Å². The van der Waals surface area contributed by atoms with Crippen molar-refractivity contribution in [3.8, 4) is 45.8 Å². The molecule has 28 heavy (non-hydrogen) atoms. The van der Waals surface area contributed by atoms with Gasteiger partial charge < -0.3 is 33.2 Å². The van der Waals surface area contributed by atoms with Crippen LogP contribution in [0.5, 0.6) is 34.5 Å². The van der Waals surface area contributed by atoms with Crippen LogP contribution < -0.4 is 29.1 Å². The minimum absolute atomic E-state index is 0.0224. The molecule has 8 nitrogen and oxygen atoms in total. The third kappa shape index (κ3) is 2.92. The van der Waals surface area contributed by atoms with Gasteiger partial charge in [0.15, 0.2) is 28.8 Å². The van der Waals surface area contributed by atoms with E-state index in [-0.39, 0.29) is 39.7 Å². The first-order chi connectivity index (χ1) is 13.5. The van der Waals surface area contributed by atoms with E-state index in [2.05, 4.69) is 0 Å². The molecular formula is C20H20O8. The highest BCUT2D eigenvalue weighted by Crippen LogP contribution is 2.44. The van der Waals surface area contributed by atoms with E-state index in [9.17, 15) is 9.90 Å². The maximum atomic E-state index is 13.1. The van der Waals surface area contributed by atoms with Gasteiger partial charge >= 0.3 is 0 Å². The topological polar surface area (TPSA) is 96.6 Å². The summed E-state index contributed by atoms with van der Waals surface area (Å²) in [7, 11) is 7.12. The molecule has 8 heteroatoms. The van der Waals surface area contributed by atoms with Crippen molar-refractivity contribution >= 4 is 11.0 Å². The van der Waals surface area contributed by atoms with Crippen molar-refractivity contribution in [3.05, 3.63) is 34.5 Å². The monoisotopic (exact) mass is 388 g/mol. The van der Waals surface area contributed by atoms with Gasteiger partial charge in [-0.25, -0.2) is 0 Å². The molecule has 1 N–H and O–H groups in total. The molecule has 0 saturated carbocycles. The molecule has 3 rings (SSSR count).